The molecule has 1 aromatic carbocycles. The quantitative estimate of drug-likeness (QED) is 0.740. The van der Waals surface area contributed by atoms with Crippen LogP contribution >= 0.6 is 34.8 Å². The molecule has 0 atom stereocenters. The molecule has 0 fully saturated rings. The Bertz CT molecular complexity index is 526. The Labute approximate surface area is 114 Å². The Morgan fingerprint density at radius 2 is 1.59 bits per heavy atom. The molecule has 0 aliphatic carbocycles. The van der Waals surface area contributed by atoms with Crippen LogP contribution in [0.25, 0.3) is 11.5 Å². The van der Waals surface area contributed by atoms with Gasteiger partial charge >= 0.3 is 0 Å². The minimum atomic E-state index is -1.69. The van der Waals surface area contributed by atoms with Gasteiger partial charge in [0.15, 0.2) is 0 Å². The molecule has 90 valence electrons. The molecule has 0 spiro atoms. The maximum absolute atomic E-state index is 5.66. The Morgan fingerprint density at radius 3 is 2.06 bits per heavy atom. The van der Waals surface area contributed by atoms with Crippen molar-refractivity contribution in [3.05, 3.63) is 35.2 Å². The lowest BCUT2D eigenvalue weighted by atomic mass is 10.1. The van der Waals surface area contributed by atoms with Gasteiger partial charge in [0.1, 0.15) is 0 Å². The number of hydrogen-bond acceptors (Lipinski definition) is 3. The van der Waals surface area contributed by atoms with Crippen molar-refractivity contribution in [2.75, 3.05) is 0 Å². The third kappa shape index (κ3) is 2.92. The zero-order valence-electron chi connectivity index (χ0n) is 9.17. The van der Waals surface area contributed by atoms with E-state index in [1.54, 1.807) is 0 Å². The van der Waals surface area contributed by atoms with Crippen LogP contribution in [0, 0.1) is 13.8 Å². The van der Waals surface area contributed by atoms with Gasteiger partial charge in [0.25, 0.3) is 9.68 Å². The molecule has 0 aliphatic heterocycles. The molecule has 6 heteroatoms. The number of nitrogens with zero attached hydrogens (tertiary/aromatic N) is 2. The van der Waals surface area contributed by atoms with Gasteiger partial charge in [0.2, 0.25) is 5.89 Å². The lowest BCUT2D eigenvalue weighted by Gasteiger charge is -2.03. The highest BCUT2D eigenvalue weighted by Gasteiger charge is 2.30. The van der Waals surface area contributed by atoms with E-state index in [4.69, 9.17) is 39.2 Å². The number of benzene rings is 1. The summed E-state index contributed by atoms with van der Waals surface area (Å²) in [6.45, 7) is 3.98. The van der Waals surface area contributed by atoms with E-state index in [9.17, 15) is 0 Å². The molecule has 0 bridgehead atoms. The van der Waals surface area contributed by atoms with Crippen LogP contribution in [0.1, 0.15) is 17.0 Å². The Hall–Kier alpha value is -0.770. The molecule has 0 unspecified atom stereocenters. The first kappa shape index (κ1) is 12.7. The molecule has 2 aromatic rings. The van der Waals surface area contributed by atoms with E-state index >= 15 is 0 Å². The first-order valence-electron chi connectivity index (χ1n) is 4.85. The van der Waals surface area contributed by atoms with Crippen molar-refractivity contribution in [2.24, 2.45) is 0 Å². The van der Waals surface area contributed by atoms with Gasteiger partial charge < -0.3 is 4.42 Å². The Balaban J connectivity index is 2.44. The van der Waals surface area contributed by atoms with E-state index < -0.39 is 3.79 Å². The van der Waals surface area contributed by atoms with E-state index in [0.29, 0.717) is 5.89 Å². The number of alkyl halides is 3. The first-order valence-corrected chi connectivity index (χ1v) is 5.99. The summed E-state index contributed by atoms with van der Waals surface area (Å²) in [5.41, 5.74) is 3.03. The summed E-state index contributed by atoms with van der Waals surface area (Å²) in [4.78, 5) is 0. The second-order valence-corrected chi connectivity index (χ2v) is 6.07. The van der Waals surface area contributed by atoms with Gasteiger partial charge in [-0.1, -0.05) is 52.0 Å². The highest BCUT2D eigenvalue weighted by Crippen LogP contribution is 2.38. The summed E-state index contributed by atoms with van der Waals surface area (Å²) in [6, 6.07) is 5.92. The van der Waals surface area contributed by atoms with Crippen molar-refractivity contribution in [2.45, 2.75) is 17.6 Å². The topological polar surface area (TPSA) is 38.9 Å². The van der Waals surface area contributed by atoms with Crippen molar-refractivity contribution in [1.82, 2.24) is 10.2 Å². The molecule has 0 saturated carbocycles. The van der Waals surface area contributed by atoms with E-state index in [0.717, 1.165) is 16.7 Å². The van der Waals surface area contributed by atoms with Crippen LogP contribution in [0.3, 0.4) is 0 Å². The third-order valence-electron chi connectivity index (χ3n) is 2.14. The van der Waals surface area contributed by atoms with Gasteiger partial charge in [-0.15, -0.1) is 10.2 Å². The van der Waals surface area contributed by atoms with Crippen LogP contribution in [0.2, 0.25) is 0 Å². The van der Waals surface area contributed by atoms with E-state index in [1.165, 1.54) is 0 Å². The molecule has 0 saturated heterocycles. The number of rotatable bonds is 1. The first-order chi connectivity index (χ1) is 7.86. The van der Waals surface area contributed by atoms with Crippen LogP contribution in [0.4, 0.5) is 0 Å². The maximum Gasteiger partial charge on any atom is 0.268 e. The maximum atomic E-state index is 5.66. The summed E-state index contributed by atoms with van der Waals surface area (Å²) in [7, 11) is 0. The van der Waals surface area contributed by atoms with Crippen LogP contribution < -0.4 is 0 Å². The van der Waals surface area contributed by atoms with Gasteiger partial charge in [0.05, 0.1) is 0 Å². The lowest BCUT2D eigenvalue weighted by Crippen LogP contribution is -1.99. The average molecular weight is 292 g/mol. The molecular formula is C11H9Cl3N2O. The fourth-order valence-corrected chi connectivity index (χ4v) is 1.78. The average Bonchev–Trinajstić information content (AvgIpc) is 2.63. The fourth-order valence-electron chi connectivity index (χ4n) is 1.55. The molecular weight excluding hydrogens is 282 g/mol. The number of hydrogen-bond donors (Lipinski definition) is 0. The zero-order valence-corrected chi connectivity index (χ0v) is 11.4. The lowest BCUT2D eigenvalue weighted by molar-refractivity contribution is 0.514. The third-order valence-corrected chi connectivity index (χ3v) is 2.62. The summed E-state index contributed by atoms with van der Waals surface area (Å²) < 4.78 is 3.64. The molecule has 0 aliphatic rings. The predicted molar refractivity (Wildman–Crippen MR) is 68.4 cm³/mol. The molecule has 0 N–H and O–H groups in total. The van der Waals surface area contributed by atoms with Crippen LogP contribution in [0.15, 0.2) is 22.6 Å². The van der Waals surface area contributed by atoms with Gasteiger partial charge in [-0.25, -0.2) is 0 Å². The standard InChI is InChI=1S/C11H9Cl3N2O/c1-6-3-7(2)5-8(4-6)9-15-16-10(17-9)11(12,13)14/h3-5H,1-2H3. The van der Waals surface area contributed by atoms with Gasteiger partial charge in [-0.3, -0.25) is 0 Å². The predicted octanol–water partition coefficient (Wildman–Crippen LogP) is 4.18. The molecule has 0 radical (unpaired) electrons. The summed E-state index contributed by atoms with van der Waals surface area (Å²) in [6.07, 6.45) is 0. The highest BCUT2D eigenvalue weighted by atomic mass is 35.6. The second kappa shape index (κ2) is 4.48. The summed E-state index contributed by atoms with van der Waals surface area (Å²) >= 11 is 17.0. The molecule has 1 heterocycles. The Morgan fingerprint density at radius 1 is 1.00 bits per heavy atom. The van der Waals surface area contributed by atoms with Crippen molar-refractivity contribution < 1.29 is 4.42 Å². The SMILES string of the molecule is Cc1cc(C)cc(-c2nnc(C(Cl)(Cl)Cl)o2)c1. The molecule has 2 rings (SSSR count). The highest BCUT2D eigenvalue weighted by molar-refractivity contribution is 6.66. The molecule has 1 aromatic heterocycles. The van der Waals surface area contributed by atoms with Gasteiger partial charge in [0, 0.05) is 5.56 Å². The fraction of sp³-hybridized carbons (Fsp3) is 0.273. The van der Waals surface area contributed by atoms with Gasteiger partial charge in [-0.05, 0) is 26.0 Å². The van der Waals surface area contributed by atoms with Gasteiger partial charge in [-0.2, -0.15) is 0 Å². The minimum Gasteiger partial charge on any atom is -0.416 e. The van der Waals surface area contributed by atoms with Crippen molar-refractivity contribution in [3.63, 3.8) is 0 Å². The van der Waals surface area contributed by atoms with Crippen LogP contribution in [-0.2, 0) is 3.79 Å². The van der Waals surface area contributed by atoms with Crippen molar-refractivity contribution in [1.29, 1.82) is 0 Å². The molecule has 3 nitrogen and oxygen atoms in total. The Kier molecular flexibility index (Phi) is 3.34. The van der Waals surface area contributed by atoms with E-state index in [2.05, 4.69) is 16.3 Å². The number of aromatic nitrogens is 2. The van der Waals surface area contributed by atoms with Crippen molar-refractivity contribution >= 4 is 34.8 Å². The largest absolute Gasteiger partial charge is 0.416 e. The van der Waals surface area contributed by atoms with E-state index in [1.807, 2.05) is 26.0 Å². The normalized spacial score (nSPS) is 11.8. The summed E-state index contributed by atoms with van der Waals surface area (Å²) in [5, 5.41) is 7.58. The second-order valence-electron chi connectivity index (χ2n) is 3.79. The molecule has 17 heavy (non-hydrogen) atoms. The number of halogens is 3. The minimum absolute atomic E-state index is 0.0309. The van der Waals surface area contributed by atoms with E-state index in [-0.39, 0.29) is 5.89 Å². The van der Waals surface area contributed by atoms with Crippen molar-refractivity contribution in [3.8, 4) is 11.5 Å². The molecule has 0 amide bonds. The smallest absolute Gasteiger partial charge is 0.268 e. The van der Waals surface area contributed by atoms with Crippen LogP contribution in [0.5, 0.6) is 0 Å². The monoisotopic (exact) mass is 290 g/mol. The number of aryl methyl sites for hydroxylation is 2. The summed E-state index contributed by atoms with van der Waals surface area (Å²) in [5.74, 6) is 0.315. The van der Waals surface area contributed by atoms with Crippen LogP contribution in [-0.4, -0.2) is 10.2 Å². The zero-order chi connectivity index (χ0) is 12.6.